The number of carbonyl (C=O) groups excluding carboxylic acids is 1. The van der Waals surface area contributed by atoms with Crippen LogP contribution >= 0.6 is 0 Å². The second-order valence-electron chi connectivity index (χ2n) is 7.80. The molecule has 1 aromatic heterocycles. The topological polar surface area (TPSA) is 49.3 Å². The van der Waals surface area contributed by atoms with E-state index in [1.165, 1.54) is 11.1 Å². The van der Waals surface area contributed by atoms with Gasteiger partial charge in [0.05, 0.1) is 0 Å². The number of aromatic nitrogens is 2. The number of hydrogen-bond donors (Lipinski definition) is 0. The van der Waals surface area contributed by atoms with Crippen LogP contribution in [0.1, 0.15) is 42.7 Å². The average molecular weight is 350 g/mol. The summed E-state index contributed by atoms with van der Waals surface area (Å²) in [6.07, 6.45) is 7.48. The Morgan fingerprint density at radius 2 is 1.85 bits per heavy atom. The maximum absolute atomic E-state index is 12.3. The van der Waals surface area contributed by atoms with Crippen LogP contribution in [0.15, 0.2) is 42.7 Å². The summed E-state index contributed by atoms with van der Waals surface area (Å²) in [5, 5.41) is 0. The molecular formula is C21H26N4O. The summed E-state index contributed by atoms with van der Waals surface area (Å²) in [5.74, 6) is 1.38. The van der Waals surface area contributed by atoms with Crippen LogP contribution in [-0.2, 0) is 10.2 Å². The number of hydrogen-bond acceptors (Lipinski definition) is 4. The molecule has 0 saturated carbocycles. The van der Waals surface area contributed by atoms with Gasteiger partial charge in [-0.2, -0.15) is 0 Å². The fraction of sp³-hybridized carbons (Fsp3) is 0.476. The molecule has 4 rings (SSSR count). The highest BCUT2D eigenvalue weighted by atomic mass is 16.2. The molecule has 1 aliphatic heterocycles. The van der Waals surface area contributed by atoms with Crippen molar-refractivity contribution < 1.29 is 4.79 Å². The third-order valence-corrected chi connectivity index (χ3v) is 6.08. The van der Waals surface area contributed by atoms with Gasteiger partial charge in [0.1, 0.15) is 0 Å². The first-order valence-electron chi connectivity index (χ1n) is 9.41. The van der Waals surface area contributed by atoms with Crippen molar-refractivity contribution in [3.05, 3.63) is 53.9 Å². The van der Waals surface area contributed by atoms with E-state index in [0.717, 1.165) is 38.3 Å². The van der Waals surface area contributed by atoms with Gasteiger partial charge in [-0.15, -0.1) is 0 Å². The summed E-state index contributed by atoms with van der Waals surface area (Å²) in [4.78, 5) is 25.1. The fourth-order valence-electron chi connectivity index (χ4n) is 4.67. The van der Waals surface area contributed by atoms with E-state index in [4.69, 9.17) is 0 Å². The van der Waals surface area contributed by atoms with Crippen molar-refractivity contribution in [3.63, 3.8) is 0 Å². The van der Waals surface area contributed by atoms with Crippen molar-refractivity contribution in [1.82, 2.24) is 14.9 Å². The summed E-state index contributed by atoms with van der Waals surface area (Å²) >= 11 is 0. The number of piperidine rings is 1. The van der Waals surface area contributed by atoms with Crippen molar-refractivity contribution in [2.24, 2.45) is 0 Å². The molecule has 2 heterocycles. The molecule has 136 valence electrons. The van der Waals surface area contributed by atoms with E-state index >= 15 is 0 Å². The molecule has 5 heteroatoms. The van der Waals surface area contributed by atoms with Crippen LogP contribution in [0.4, 0.5) is 5.95 Å². The molecule has 1 spiro atoms. The molecule has 2 aliphatic rings. The molecule has 0 unspecified atom stereocenters. The van der Waals surface area contributed by atoms with Crippen LogP contribution in [0.3, 0.4) is 0 Å². The lowest BCUT2D eigenvalue weighted by molar-refractivity contribution is -0.129. The van der Waals surface area contributed by atoms with Crippen molar-refractivity contribution in [3.8, 4) is 0 Å². The van der Waals surface area contributed by atoms with Gasteiger partial charge in [0.2, 0.25) is 11.9 Å². The SMILES string of the molecule is CN(C)C(=O)C[C@H]1CC2(CCN(c3ncccn3)CC2)c2ccccc21. The lowest BCUT2D eigenvalue weighted by Crippen LogP contribution is -2.42. The number of nitrogens with zero attached hydrogens (tertiary/aromatic N) is 4. The average Bonchev–Trinajstić information content (AvgIpc) is 2.96. The quantitative estimate of drug-likeness (QED) is 0.854. The summed E-state index contributed by atoms with van der Waals surface area (Å²) in [6, 6.07) is 10.6. The number of carbonyl (C=O) groups is 1. The summed E-state index contributed by atoms with van der Waals surface area (Å²) in [7, 11) is 3.69. The normalized spacial score (nSPS) is 20.8. The van der Waals surface area contributed by atoms with Gasteiger partial charge in [-0.1, -0.05) is 24.3 Å². The zero-order valence-corrected chi connectivity index (χ0v) is 15.6. The van der Waals surface area contributed by atoms with E-state index < -0.39 is 0 Å². The molecular weight excluding hydrogens is 324 g/mol. The van der Waals surface area contributed by atoms with Gasteiger partial charge < -0.3 is 9.80 Å². The Balaban J connectivity index is 1.55. The van der Waals surface area contributed by atoms with Gasteiger partial charge in [0.15, 0.2) is 0 Å². The Kier molecular flexibility index (Phi) is 4.39. The minimum Gasteiger partial charge on any atom is -0.349 e. The summed E-state index contributed by atoms with van der Waals surface area (Å²) in [5.41, 5.74) is 3.04. The van der Waals surface area contributed by atoms with Gasteiger partial charge in [-0.25, -0.2) is 9.97 Å². The Morgan fingerprint density at radius 3 is 2.54 bits per heavy atom. The van der Waals surface area contributed by atoms with E-state index in [2.05, 4.69) is 39.1 Å². The first-order chi connectivity index (χ1) is 12.6. The molecule has 2 aromatic rings. The first kappa shape index (κ1) is 17.0. The Labute approximate surface area is 155 Å². The van der Waals surface area contributed by atoms with Gasteiger partial charge >= 0.3 is 0 Å². The highest BCUT2D eigenvalue weighted by Crippen LogP contribution is 2.52. The van der Waals surface area contributed by atoms with E-state index in [0.29, 0.717) is 12.3 Å². The smallest absolute Gasteiger partial charge is 0.225 e. The maximum Gasteiger partial charge on any atom is 0.225 e. The van der Waals surface area contributed by atoms with Crippen LogP contribution in [0.2, 0.25) is 0 Å². The zero-order valence-electron chi connectivity index (χ0n) is 15.6. The molecule has 1 saturated heterocycles. The number of anilines is 1. The molecule has 1 atom stereocenters. The lowest BCUT2D eigenvalue weighted by Gasteiger charge is -2.40. The second-order valence-corrected chi connectivity index (χ2v) is 7.80. The Hall–Kier alpha value is -2.43. The van der Waals surface area contributed by atoms with Crippen LogP contribution in [0.5, 0.6) is 0 Å². The zero-order chi connectivity index (χ0) is 18.1. The molecule has 26 heavy (non-hydrogen) atoms. The van der Waals surface area contributed by atoms with E-state index in [9.17, 15) is 4.79 Å². The van der Waals surface area contributed by atoms with Gasteiger partial charge in [-0.3, -0.25) is 4.79 Å². The molecule has 1 fully saturated rings. The monoisotopic (exact) mass is 350 g/mol. The van der Waals surface area contributed by atoms with Crippen molar-refractivity contribution >= 4 is 11.9 Å². The maximum atomic E-state index is 12.3. The van der Waals surface area contributed by atoms with Crippen LogP contribution in [0, 0.1) is 0 Å². The Morgan fingerprint density at radius 1 is 1.15 bits per heavy atom. The van der Waals surface area contributed by atoms with E-state index in [1.807, 2.05) is 20.2 Å². The summed E-state index contributed by atoms with van der Waals surface area (Å²) in [6.45, 7) is 1.93. The van der Waals surface area contributed by atoms with Crippen molar-refractivity contribution in [1.29, 1.82) is 0 Å². The molecule has 0 radical (unpaired) electrons. The molecule has 1 amide bonds. The van der Waals surface area contributed by atoms with Crippen molar-refractivity contribution in [2.75, 3.05) is 32.1 Å². The van der Waals surface area contributed by atoms with E-state index in [-0.39, 0.29) is 11.3 Å². The molecule has 1 aromatic carbocycles. The largest absolute Gasteiger partial charge is 0.349 e. The Bertz CT molecular complexity index is 782. The minimum absolute atomic E-state index is 0.194. The number of amides is 1. The molecule has 0 bridgehead atoms. The lowest BCUT2D eigenvalue weighted by atomic mass is 9.73. The second kappa shape index (κ2) is 6.71. The molecule has 1 aliphatic carbocycles. The number of rotatable bonds is 3. The van der Waals surface area contributed by atoms with Crippen molar-refractivity contribution in [2.45, 2.75) is 37.0 Å². The number of benzene rings is 1. The van der Waals surface area contributed by atoms with Gasteiger partial charge in [0, 0.05) is 46.0 Å². The summed E-state index contributed by atoms with van der Waals surface area (Å²) < 4.78 is 0. The van der Waals surface area contributed by atoms with Crippen LogP contribution in [-0.4, -0.2) is 48.0 Å². The van der Waals surface area contributed by atoms with Crippen LogP contribution < -0.4 is 4.90 Å². The van der Waals surface area contributed by atoms with Gasteiger partial charge in [-0.05, 0) is 47.8 Å². The minimum atomic E-state index is 0.194. The predicted molar refractivity (Wildman–Crippen MR) is 102 cm³/mol. The van der Waals surface area contributed by atoms with Crippen LogP contribution in [0.25, 0.3) is 0 Å². The molecule has 0 N–H and O–H groups in total. The highest BCUT2D eigenvalue weighted by Gasteiger charge is 2.45. The third-order valence-electron chi connectivity index (χ3n) is 6.08. The molecule has 5 nitrogen and oxygen atoms in total. The first-order valence-corrected chi connectivity index (χ1v) is 9.41. The number of fused-ring (bicyclic) bond motifs is 2. The highest BCUT2D eigenvalue weighted by molar-refractivity contribution is 5.77. The van der Waals surface area contributed by atoms with E-state index in [1.54, 1.807) is 17.3 Å². The third kappa shape index (κ3) is 2.96. The predicted octanol–water partition coefficient (Wildman–Crippen LogP) is 2.98. The van der Waals surface area contributed by atoms with Gasteiger partial charge in [0.25, 0.3) is 0 Å². The fourth-order valence-corrected chi connectivity index (χ4v) is 4.67. The standard InChI is InChI=1S/C21H26N4O/c1-24(2)19(26)14-16-15-21(18-7-4-3-6-17(16)18)8-12-25(13-9-21)20-22-10-5-11-23-20/h3-7,10-11,16H,8-9,12-15H2,1-2H3/t16-/m0/s1.